The van der Waals surface area contributed by atoms with E-state index < -0.39 is 0 Å². The normalized spacial score (nSPS) is 24.5. The van der Waals surface area contributed by atoms with Crippen LogP contribution < -0.4 is 4.90 Å². The van der Waals surface area contributed by atoms with Crippen LogP contribution in [0.2, 0.25) is 0 Å². The summed E-state index contributed by atoms with van der Waals surface area (Å²) >= 11 is 0. The molecule has 2 heteroatoms. The Bertz CT molecular complexity index is 995. The van der Waals surface area contributed by atoms with Gasteiger partial charge in [0.1, 0.15) is 0 Å². The number of fused-ring (bicyclic) bond motifs is 4. The molecule has 0 bridgehead atoms. The summed E-state index contributed by atoms with van der Waals surface area (Å²) in [5.41, 5.74) is 6.78. The highest BCUT2D eigenvalue weighted by Crippen LogP contribution is 2.44. The number of likely N-dealkylation sites (N-methyl/N-ethyl adjacent to an activating group) is 1. The molecule has 26 heavy (non-hydrogen) atoms. The van der Waals surface area contributed by atoms with Crippen molar-refractivity contribution in [2.45, 2.75) is 25.3 Å². The number of carbonyl (C=O) groups excluding carboxylic acids is 1. The van der Waals surface area contributed by atoms with Crippen molar-refractivity contribution in [3.05, 3.63) is 101 Å². The number of hydrogen-bond donors (Lipinski definition) is 0. The van der Waals surface area contributed by atoms with Gasteiger partial charge >= 0.3 is 0 Å². The van der Waals surface area contributed by atoms with Gasteiger partial charge in [0.25, 0.3) is 0 Å². The van der Waals surface area contributed by atoms with E-state index in [1.54, 1.807) is 0 Å². The average Bonchev–Trinajstić information content (AvgIpc) is 3.17. The summed E-state index contributed by atoms with van der Waals surface area (Å²) < 4.78 is 0. The zero-order valence-corrected chi connectivity index (χ0v) is 14.9. The predicted molar refractivity (Wildman–Crippen MR) is 106 cm³/mol. The van der Waals surface area contributed by atoms with Gasteiger partial charge in [-0.25, -0.2) is 0 Å². The summed E-state index contributed by atoms with van der Waals surface area (Å²) in [5, 5.41) is 0. The highest BCUT2D eigenvalue weighted by atomic mass is 16.1. The maximum atomic E-state index is 12.7. The van der Waals surface area contributed by atoms with Crippen LogP contribution in [0.25, 0.3) is 0 Å². The van der Waals surface area contributed by atoms with E-state index in [-0.39, 0.29) is 5.78 Å². The SMILES string of the molecule is CCN1c2ccccc2C2C=C(/C=C3/Cc4ccccc4C3=O)C=CC21. The first-order chi connectivity index (χ1) is 12.8. The molecule has 0 fully saturated rings. The molecule has 1 heterocycles. The number of allylic oxidation sites excluding steroid dienone is 4. The molecule has 2 atom stereocenters. The smallest absolute Gasteiger partial charge is 0.189 e. The lowest BCUT2D eigenvalue weighted by Crippen LogP contribution is -2.32. The Morgan fingerprint density at radius 3 is 2.77 bits per heavy atom. The molecule has 128 valence electrons. The molecule has 2 nitrogen and oxygen atoms in total. The van der Waals surface area contributed by atoms with E-state index in [4.69, 9.17) is 0 Å². The molecule has 0 aromatic heterocycles. The second-order valence-corrected chi connectivity index (χ2v) is 7.22. The van der Waals surface area contributed by atoms with Gasteiger partial charge in [0, 0.05) is 35.7 Å². The molecular formula is C24H21NO. The van der Waals surface area contributed by atoms with Crippen molar-refractivity contribution in [2.24, 2.45) is 0 Å². The molecule has 0 radical (unpaired) electrons. The number of rotatable bonds is 2. The molecule has 0 N–H and O–H groups in total. The van der Waals surface area contributed by atoms with Crippen molar-refractivity contribution < 1.29 is 4.79 Å². The molecule has 2 aromatic carbocycles. The first-order valence-corrected chi connectivity index (χ1v) is 9.35. The fourth-order valence-corrected chi connectivity index (χ4v) is 4.60. The van der Waals surface area contributed by atoms with Crippen molar-refractivity contribution >= 4 is 11.5 Å². The molecule has 0 saturated carbocycles. The molecule has 2 aromatic rings. The van der Waals surface area contributed by atoms with Crippen LogP contribution >= 0.6 is 0 Å². The van der Waals surface area contributed by atoms with Gasteiger partial charge in [-0.05, 0) is 35.8 Å². The molecule has 0 amide bonds. The Hall–Kier alpha value is -2.87. The minimum Gasteiger partial charge on any atom is -0.364 e. The van der Waals surface area contributed by atoms with Gasteiger partial charge in [-0.15, -0.1) is 0 Å². The third kappa shape index (κ3) is 2.22. The van der Waals surface area contributed by atoms with E-state index in [0.29, 0.717) is 12.0 Å². The van der Waals surface area contributed by atoms with Crippen LogP contribution in [0.4, 0.5) is 5.69 Å². The fraction of sp³-hybridized carbons (Fsp3) is 0.208. The van der Waals surface area contributed by atoms with Crippen LogP contribution in [0.15, 0.2) is 84.0 Å². The lowest BCUT2D eigenvalue weighted by Gasteiger charge is -2.28. The number of carbonyl (C=O) groups is 1. The van der Waals surface area contributed by atoms with Crippen molar-refractivity contribution in [1.82, 2.24) is 0 Å². The highest BCUT2D eigenvalue weighted by molar-refractivity contribution is 6.13. The molecular weight excluding hydrogens is 318 g/mol. The van der Waals surface area contributed by atoms with Gasteiger partial charge in [0.05, 0.1) is 6.04 Å². The van der Waals surface area contributed by atoms with Gasteiger partial charge < -0.3 is 4.90 Å². The standard InChI is InChI=1S/C24H21NO/c1-2-25-22-10-6-5-9-20(22)21-14-16(11-12-23(21)25)13-18-15-17-7-3-4-8-19(17)24(18)26/h3-14,21,23H,2,15H2,1H3/b18-13-. The largest absolute Gasteiger partial charge is 0.364 e. The molecule has 2 unspecified atom stereocenters. The molecule has 3 aliphatic rings. The number of hydrogen-bond acceptors (Lipinski definition) is 2. The van der Waals surface area contributed by atoms with E-state index in [9.17, 15) is 4.79 Å². The molecule has 2 aliphatic carbocycles. The van der Waals surface area contributed by atoms with Crippen LogP contribution in [0.5, 0.6) is 0 Å². The lowest BCUT2D eigenvalue weighted by atomic mass is 9.88. The number of ketones is 1. The van der Waals surface area contributed by atoms with Gasteiger partial charge in [-0.3, -0.25) is 4.79 Å². The number of para-hydroxylation sites is 1. The zero-order valence-electron chi connectivity index (χ0n) is 14.9. The van der Waals surface area contributed by atoms with E-state index in [0.717, 1.165) is 35.2 Å². The summed E-state index contributed by atoms with van der Waals surface area (Å²) in [6.45, 7) is 3.21. The van der Waals surface area contributed by atoms with E-state index in [1.807, 2.05) is 18.2 Å². The van der Waals surface area contributed by atoms with Gasteiger partial charge in [-0.1, -0.05) is 60.7 Å². The quantitative estimate of drug-likeness (QED) is 0.730. The zero-order chi connectivity index (χ0) is 17.7. The Morgan fingerprint density at radius 1 is 1.12 bits per heavy atom. The second kappa shape index (κ2) is 5.84. The number of anilines is 1. The monoisotopic (exact) mass is 339 g/mol. The van der Waals surface area contributed by atoms with Crippen molar-refractivity contribution in [1.29, 1.82) is 0 Å². The minimum absolute atomic E-state index is 0.180. The maximum Gasteiger partial charge on any atom is 0.189 e. The molecule has 0 saturated heterocycles. The van der Waals surface area contributed by atoms with Crippen LogP contribution in [0, 0.1) is 0 Å². The second-order valence-electron chi connectivity index (χ2n) is 7.22. The van der Waals surface area contributed by atoms with E-state index in [2.05, 4.69) is 66.5 Å². The summed E-state index contributed by atoms with van der Waals surface area (Å²) in [5.74, 6) is 0.543. The Morgan fingerprint density at radius 2 is 1.92 bits per heavy atom. The molecule has 1 aliphatic heterocycles. The highest BCUT2D eigenvalue weighted by Gasteiger charge is 2.36. The van der Waals surface area contributed by atoms with Crippen LogP contribution in [-0.4, -0.2) is 18.4 Å². The summed E-state index contributed by atoms with van der Waals surface area (Å²) in [4.78, 5) is 15.1. The summed E-state index contributed by atoms with van der Waals surface area (Å²) in [6.07, 6.45) is 9.65. The number of benzene rings is 2. The van der Waals surface area contributed by atoms with Gasteiger partial charge in [0.2, 0.25) is 0 Å². The van der Waals surface area contributed by atoms with Gasteiger partial charge in [0.15, 0.2) is 5.78 Å². The van der Waals surface area contributed by atoms with Crippen molar-refractivity contribution in [3.8, 4) is 0 Å². The summed E-state index contributed by atoms with van der Waals surface area (Å²) in [7, 11) is 0. The average molecular weight is 339 g/mol. The van der Waals surface area contributed by atoms with Crippen LogP contribution in [0.3, 0.4) is 0 Å². The number of nitrogens with zero attached hydrogens (tertiary/aromatic N) is 1. The summed E-state index contributed by atoms with van der Waals surface area (Å²) in [6, 6.07) is 17.0. The third-order valence-corrected chi connectivity index (χ3v) is 5.81. The Labute approximate surface area is 154 Å². The van der Waals surface area contributed by atoms with Gasteiger partial charge in [-0.2, -0.15) is 0 Å². The molecule has 5 rings (SSSR count). The third-order valence-electron chi connectivity index (χ3n) is 5.81. The predicted octanol–water partition coefficient (Wildman–Crippen LogP) is 4.84. The number of Topliss-reactive ketones (excluding diaryl/α,β-unsaturated/α-hetero) is 1. The van der Waals surface area contributed by atoms with Crippen LogP contribution in [-0.2, 0) is 6.42 Å². The maximum absolute atomic E-state index is 12.7. The Kier molecular flexibility index (Phi) is 3.46. The van der Waals surface area contributed by atoms with Crippen LogP contribution in [0.1, 0.15) is 34.3 Å². The fourth-order valence-electron chi connectivity index (χ4n) is 4.60. The van der Waals surface area contributed by atoms with E-state index in [1.165, 1.54) is 11.3 Å². The van der Waals surface area contributed by atoms with Crippen molar-refractivity contribution in [2.75, 3.05) is 11.4 Å². The Balaban J connectivity index is 1.50. The lowest BCUT2D eigenvalue weighted by molar-refractivity contribution is 0.103. The molecule has 0 spiro atoms. The topological polar surface area (TPSA) is 20.3 Å². The first kappa shape index (κ1) is 15.4. The minimum atomic E-state index is 0.180. The first-order valence-electron chi connectivity index (χ1n) is 9.35. The van der Waals surface area contributed by atoms with Crippen molar-refractivity contribution in [3.63, 3.8) is 0 Å². The van der Waals surface area contributed by atoms with E-state index >= 15 is 0 Å².